The van der Waals surface area contributed by atoms with Crippen molar-refractivity contribution in [2.45, 2.75) is 20.3 Å². The van der Waals surface area contributed by atoms with E-state index in [1.54, 1.807) is 6.20 Å². The van der Waals surface area contributed by atoms with Gasteiger partial charge in [-0.1, -0.05) is 13.8 Å². The van der Waals surface area contributed by atoms with Gasteiger partial charge in [-0.3, -0.25) is 4.79 Å². The number of hydrogen-bond donors (Lipinski definition) is 2. The molecule has 5 heteroatoms. The molecule has 1 aromatic rings. The van der Waals surface area contributed by atoms with E-state index in [-0.39, 0.29) is 5.91 Å². The summed E-state index contributed by atoms with van der Waals surface area (Å²) >= 11 is 0. The van der Waals surface area contributed by atoms with Gasteiger partial charge in [0.1, 0.15) is 0 Å². The van der Waals surface area contributed by atoms with Crippen LogP contribution in [-0.2, 0) is 11.8 Å². The van der Waals surface area contributed by atoms with Crippen LogP contribution in [-0.4, -0.2) is 28.5 Å². The van der Waals surface area contributed by atoms with E-state index in [0.29, 0.717) is 18.9 Å². The maximum atomic E-state index is 11.4. The van der Waals surface area contributed by atoms with Crippen molar-refractivity contribution in [3.8, 4) is 0 Å². The van der Waals surface area contributed by atoms with Gasteiger partial charge in [-0.2, -0.15) is 0 Å². The van der Waals surface area contributed by atoms with E-state index >= 15 is 0 Å². The average Bonchev–Trinajstić information content (AvgIpc) is 2.61. The van der Waals surface area contributed by atoms with Crippen molar-refractivity contribution in [2.24, 2.45) is 13.0 Å². The van der Waals surface area contributed by atoms with Crippen LogP contribution in [0.2, 0.25) is 0 Å². The summed E-state index contributed by atoms with van der Waals surface area (Å²) in [5.41, 5.74) is 0. The van der Waals surface area contributed by atoms with Gasteiger partial charge >= 0.3 is 0 Å². The van der Waals surface area contributed by atoms with Crippen LogP contribution in [0.4, 0.5) is 5.95 Å². The van der Waals surface area contributed by atoms with E-state index < -0.39 is 0 Å². The predicted molar refractivity (Wildman–Crippen MR) is 64.2 cm³/mol. The maximum absolute atomic E-state index is 11.4. The lowest BCUT2D eigenvalue weighted by Gasteiger charge is -2.08. The lowest BCUT2D eigenvalue weighted by molar-refractivity contribution is -0.120. The van der Waals surface area contributed by atoms with E-state index in [9.17, 15) is 4.79 Å². The number of nitrogens with zero attached hydrogens (tertiary/aromatic N) is 2. The fourth-order valence-electron chi connectivity index (χ4n) is 1.23. The zero-order chi connectivity index (χ0) is 12.0. The van der Waals surface area contributed by atoms with Gasteiger partial charge in [0.15, 0.2) is 0 Å². The van der Waals surface area contributed by atoms with Crippen molar-refractivity contribution in [1.82, 2.24) is 14.9 Å². The molecule has 5 nitrogen and oxygen atoms in total. The van der Waals surface area contributed by atoms with Gasteiger partial charge in [0.2, 0.25) is 11.9 Å². The Labute approximate surface area is 96.3 Å². The third-order valence-electron chi connectivity index (χ3n) is 2.16. The molecule has 0 saturated carbocycles. The number of rotatable bonds is 6. The van der Waals surface area contributed by atoms with E-state index in [1.165, 1.54) is 0 Å². The van der Waals surface area contributed by atoms with Gasteiger partial charge in [-0.05, 0) is 5.92 Å². The summed E-state index contributed by atoms with van der Waals surface area (Å²) < 4.78 is 1.88. The van der Waals surface area contributed by atoms with E-state index in [1.807, 2.05) is 17.8 Å². The van der Waals surface area contributed by atoms with Crippen LogP contribution >= 0.6 is 0 Å². The summed E-state index contributed by atoms with van der Waals surface area (Å²) in [5, 5.41) is 5.97. The largest absolute Gasteiger partial charge is 0.356 e. The molecule has 0 radical (unpaired) electrons. The Balaban J connectivity index is 2.16. The molecule has 0 saturated heterocycles. The molecule has 1 rings (SSSR count). The first-order valence-electron chi connectivity index (χ1n) is 5.57. The number of nitrogens with one attached hydrogen (secondary N) is 2. The van der Waals surface area contributed by atoms with Crippen LogP contribution in [0.1, 0.15) is 20.3 Å². The van der Waals surface area contributed by atoms with Gasteiger partial charge in [-0.25, -0.2) is 4.98 Å². The maximum Gasteiger partial charge on any atom is 0.221 e. The summed E-state index contributed by atoms with van der Waals surface area (Å²) in [6.07, 6.45) is 4.06. The highest BCUT2D eigenvalue weighted by Crippen LogP contribution is 2.00. The van der Waals surface area contributed by atoms with Gasteiger partial charge in [0.05, 0.1) is 0 Å². The number of amides is 1. The molecule has 0 aliphatic rings. The Bertz CT molecular complexity index is 332. The first-order valence-corrected chi connectivity index (χ1v) is 5.57. The van der Waals surface area contributed by atoms with Crippen molar-refractivity contribution in [1.29, 1.82) is 0 Å². The van der Waals surface area contributed by atoms with Crippen molar-refractivity contribution < 1.29 is 4.79 Å². The number of hydrogen-bond acceptors (Lipinski definition) is 3. The molecule has 1 aromatic heterocycles. The second-order valence-corrected chi connectivity index (χ2v) is 4.24. The smallest absolute Gasteiger partial charge is 0.221 e. The summed E-state index contributed by atoms with van der Waals surface area (Å²) in [5.74, 6) is 1.36. The molecule has 0 fully saturated rings. The van der Waals surface area contributed by atoms with Crippen LogP contribution in [0.15, 0.2) is 12.4 Å². The number of carbonyl (C=O) groups is 1. The Kier molecular flexibility index (Phi) is 4.82. The molecule has 0 aliphatic heterocycles. The summed E-state index contributed by atoms with van der Waals surface area (Å²) in [7, 11) is 1.91. The molecule has 1 heterocycles. The van der Waals surface area contributed by atoms with E-state index in [2.05, 4.69) is 29.5 Å². The van der Waals surface area contributed by atoms with Crippen molar-refractivity contribution in [3.63, 3.8) is 0 Å². The van der Waals surface area contributed by atoms with Crippen LogP contribution in [0.25, 0.3) is 0 Å². The van der Waals surface area contributed by atoms with Crippen molar-refractivity contribution in [3.05, 3.63) is 12.4 Å². The average molecular weight is 224 g/mol. The van der Waals surface area contributed by atoms with Crippen LogP contribution in [0.5, 0.6) is 0 Å². The molecule has 0 bridgehead atoms. The number of imidazole rings is 1. The van der Waals surface area contributed by atoms with Gasteiger partial charge in [0, 0.05) is 39.0 Å². The Hall–Kier alpha value is -1.52. The quantitative estimate of drug-likeness (QED) is 0.757. The zero-order valence-corrected chi connectivity index (χ0v) is 10.2. The van der Waals surface area contributed by atoms with E-state index in [4.69, 9.17) is 0 Å². The van der Waals surface area contributed by atoms with E-state index in [0.717, 1.165) is 12.5 Å². The molecule has 0 unspecified atom stereocenters. The molecule has 90 valence electrons. The Morgan fingerprint density at radius 1 is 1.56 bits per heavy atom. The highest BCUT2D eigenvalue weighted by Gasteiger charge is 2.03. The molecule has 1 amide bonds. The first-order chi connectivity index (χ1) is 7.59. The number of aromatic nitrogens is 2. The van der Waals surface area contributed by atoms with Gasteiger partial charge in [0.25, 0.3) is 0 Å². The second-order valence-electron chi connectivity index (χ2n) is 4.24. The molecule has 0 atom stereocenters. The molecule has 2 N–H and O–H groups in total. The van der Waals surface area contributed by atoms with Crippen LogP contribution in [0, 0.1) is 5.92 Å². The summed E-state index contributed by atoms with van der Waals surface area (Å²) in [6.45, 7) is 5.49. The molecular formula is C11H20N4O. The molecule has 0 spiro atoms. The number of anilines is 1. The summed E-state index contributed by atoms with van der Waals surface area (Å²) in [4.78, 5) is 15.5. The topological polar surface area (TPSA) is 59.0 Å². The predicted octanol–water partition coefficient (Wildman–Crippen LogP) is 0.994. The van der Waals surface area contributed by atoms with Gasteiger partial charge < -0.3 is 15.2 Å². The Morgan fingerprint density at radius 2 is 2.31 bits per heavy atom. The Morgan fingerprint density at radius 3 is 2.88 bits per heavy atom. The lowest BCUT2D eigenvalue weighted by atomic mass is 10.2. The summed E-state index contributed by atoms with van der Waals surface area (Å²) in [6, 6.07) is 0. The monoisotopic (exact) mass is 224 g/mol. The molecular weight excluding hydrogens is 204 g/mol. The SMILES string of the molecule is CC(C)CNC(=O)CCNc1nccn1C. The van der Waals surface area contributed by atoms with Crippen molar-refractivity contribution >= 4 is 11.9 Å². The minimum absolute atomic E-state index is 0.0791. The molecule has 0 aromatic carbocycles. The third-order valence-corrected chi connectivity index (χ3v) is 2.16. The number of carbonyl (C=O) groups excluding carboxylic acids is 1. The minimum atomic E-state index is 0.0791. The highest BCUT2D eigenvalue weighted by atomic mass is 16.1. The van der Waals surface area contributed by atoms with Gasteiger partial charge in [-0.15, -0.1) is 0 Å². The fraction of sp³-hybridized carbons (Fsp3) is 0.636. The number of aryl methyl sites for hydroxylation is 1. The standard InChI is InChI=1S/C11H20N4O/c1-9(2)8-14-10(16)4-5-12-11-13-6-7-15(11)3/h6-7,9H,4-5,8H2,1-3H3,(H,12,13)(H,14,16). The highest BCUT2D eigenvalue weighted by molar-refractivity contribution is 5.76. The zero-order valence-electron chi connectivity index (χ0n) is 10.2. The molecule has 16 heavy (non-hydrogen) atoms. The van der Waals surface area contributed by atoms with Crippen LogP contribution in [0.3, 0.4) is 0 Å². The normalized spacial score (nSPS) is 10.5. The fourth-order valence-corrected chi connectivity index (χ4v) is 1.23. The third kappa shape index (κ3) is 4.33. The first kappa shape index (κ1) is 12.5. The minimum Gasteiger partial charge on any atom is -0.356 e. The second kappa shape index (κ2) is 6.15. The van der Waals surface area contributed by atoms with Crippen molar-refractivity contribution in [2.75, 3.05) is 18.4 Å². The molecule has 0 aliphatic carbocycles. The van der Waals surface area contributed by atoms with Crippen LogP contribution < -0.4 is 10.6 Å². The lowest BCUT2D eigenvalue weighted by Crippen LogP contribution is -2.28.